The van der Waals surface area contributed by atoms with Crippen LogP contribution >= 0.6 is 0 Å². The molecule has 0 radical (unpaired) electrons. The normalized spacial score (nSPS) is 11.9. The molecule has 0 spiro atoms. The smallest absolute Gasteiger partial charge is 0.408 e. The molecule has 3 aromatic rings. The van der Waals surface area contributed by atoms with Crippen molar-refractivity contribution < 1.29 is 9.90 Å². The zero-order valence-corrected chi connectivity index (χ0v) is 14.1. The molecule has 0 saturated heterocycles. The van der Waals surface area contributed by atoms with E-state index < -0.39 is 6.09 Å². The predicted octanol–water partition coefficient (Wildman–Crippen LogP) is 4.56. The third kappa shape index (κ3) is 3.71. The van der Waals surface area contributed by atoms with Gasteiger partial charge in [0.05, 0.1) is 24.3 Å². The second-order valence-electron chi connectivity index (χ2n) is 5.88. The SMILES string of the molecule is CCCN(C(=O)O)C(c1ccccc1)c1cccc(-c2cnc[nH]2)c1. The molecule has 0 aliphatic heterocycles. The Hall–Kier alpha value is -3.08. The maximum absolute atomic E-state index is 11.9. The summed E-state index contributed by atoms with van der Waals surface area (Å²) >= 11 is 0. The van der Waals surface area contributed by atoms with Gasteiger partial charge < -0.3 is 10.1 Å². The first-order chi connectivity index (χ1) is 12.2. The van der Waals surface area contributed by atoms with Gasteiger partial charge >= 0.3 is 6.09 Å². The first-order valence-corrected chi connectivity index (χ1v) is 8.34. The molecule has 1 atom stereocenters. The minimum atomic E-state index is -0.914. The van der Waals surface area contributed by atoms with Crippen molar-refractivity contribution in [3.05, 3.63) is 78.2 Å². The van der Waals surface area contributed by atoms with E-state index in [1.54, 1.807) is 12.5 Å². The molecule has 25 heavy (non-hydrogen) atoms. The first kappa shape index (κ1) is 16.8. The van der Waals surface area contributed by atoms with Gasteiger partial charge in [-0.2, -0.15) is 0 Å². The van der Waals surface area contributed by atoms with E-state index >= 15 is 0 Å². The molecule has 0 fully saturated rings. The van der Waals surface area contributed by atoms with Gasteiger partial charge in [-0.05, 0) is 29.2 Å². The van der Waals surface area contributed by atoms with Crippen molar-refractivity contribution in [1.29, 1.82) is 0 Å². The van der Waals surface area contributed by atoms with Gasteiger partial charge in [-0.25, -0.2) is 9.78 Å². The summed E-state index contributed by atoms with van der Waals surface area (Å²) < 4.78 is 0. The fourth-order valence-electron chi connectivity index (χ4n) is 3.05. The predicted molar refractivity (Wildman–Crippen MR) is 97.3 cm³/mol. The Morgan fingerprint density at radius 1 is 1.16 bits per heavy atom. The largest absolute Gasteiger partial charge is 0.465 e. The van der Waals surface area contributed by atoms with Gasteiger partial charge in [0.25, 0.3) is 0 Å². The number of hydrogen-bond donors (Lipinski definition) is 2. The molecule has 1 heterocycles. The summed E-state index contributed by atoms with van der Waals surface area (Å²) in [4.78, 5) is 20.6. The van der Waals surface area contributed by atoms with Crippen molar-refractivity contribution in [3.63, 3.8) is 0 Å². The summed E-state index contributed by atoms with van der Waals surface area (Å²) in [6.07, 6.45) is 3.24. The number of carboxylic acid groups (broad SMARTS) is 1. The third-order valence-corrected chi connectivity index (χ3v) is 4.15. The van der Waals surface area contributed by atoms with Crippen molar-refractivity contribution in [2.45, 2.75) is 19.4 Å². The molecule has 0 aliphatic rings. The maximum atomic E-state index is 11.9. The van der Waals surface area contributed by atoms with Gasteiger partial charge in [0.15, 0.2) is 0 Å². The molecule has 2 N–H and O–H groups in total. The highest BCUT2D eigenvalue weighted by atomic mass is 16.4. The molecule has 0 aliphatic carbocycles. The molecule has 0 bridgehead atoms. The molecule has 0 saturated carbocycles. The van der Waals surface area contributed by atoms with E-state index in [0.29, 0.717) is 6.54 Å². The quantitative estimate of drug-likeness (QED) is 0.694. The highest BCUT2D eigenvalue weighted by Gasteiger charge is 2.26. The summed E-state index contributed by atoms with van der Waals surface area (Å²) in [6.45, 7) is 2.46. The number of benzene rings is 2. The van der Waals surface area contributed by atoms with E-state index in [1.165, 1.54) is 4.90 Å². The zero-order valence-electron chi connectivity index (χ0n) is 14.1. The Balaban J connectivity index is 2.08. The second-order valence-corrected chi connectivity index (χ2v) is 5.88. The Morgan fingerprint density at radius 3 is 2.56 bits per heavy atom. The lowest BCUT2D eigenvalue weighted by atomic mass is 9.95. The molecule has 3 rings (SSSR count). The number of hydrogen-bond acceptors (Lipinski definition) is 2. The standard InChI is InChI=1S/C20H21N3O2/c1-2-11-23(20(24)25)19(15-7-4-3-5-8-15)17-10-6-9-16(12-17)18-13-21-14-22-18/h3-10,12-14,19H,2,11H2,1H3,(H,21,22)(H,24,25). The van der Waals surface area contributed by atoms with Crippen LogP contribution in [0.1, 0.15) is 30.5 Å². The van der Waals surface area contributed by atoms with Crippen LogP contribution in [0.2, 0.25) is 0 Å². The first-order valence-electron chi connectivity index (χ1n) is 8.34. The highest BCUT2D eigenvalue weighted by molar-refractivity contribution is 5.67. The topological polar surface area (TPSA) is 69.2 Å². The van der Waals surface area contributed by atoms with Crippen molar-refractivity contribution in [3.8, 4) is 11.3 Å². The number of aromatic amines is 1. The number of aromatic nitrogens is 2. The number of imidazole rings is 1. The summed E-state index contributed by atoms with van der Waals surface area (Å²) in [6, 6.07) is 17.4. The number of amides is 1. The minimum absolute atomic E-state index is 0.346. The summed E-state index contributed by atoms with van der Waals surface area (Å²) in [5.41, 5.74) is 3.79. The number of carbonyl (C=O) groups is 1. The van der Waals surface area contributed by atoms with Crippen LogP contribution in [0, 0.1) is 0 Å². The Kier molecular flexibility index (Phi) is 5.14. The molecule has 128 valence electrons. The summed E-state index contributed by atoms with van der Waals surface area (Å²) in [7, 11) is 0. The zero-order chi connectivity index (χ0) is 17.6. The van der Waals surface area contributed by atoms with Crippen molar-refractivity contribution in [2.24, 2.45) is 0 Å². The van der Waals surface area contributed by atoms with Crippen molar-refractivity contribution in [1.82, 2.24) is 14.9 Å². The van der Waals surface area contributed by atoms with Gasteiger partial charge in [0.2, 0.25) is 0 Å². The number of H-pyrrole nitrogens is 1. The van der Waals surface area contributed by atoms with Crippen LogP contribution in [0.15, 0.2) is 67.1 Å². The van der Waals surface area contributed by atoms with Crippen molar-refractivity contribution >= 4 is 6.09 Å². The van der Waals surface area contributed by atoms with E-state index in [1.807, 2.05) is 61.5 Å². The van der Waals surface area contributed by atoms with Gasteiger partial charge in [-0.3, -0.25) is 4.90 Å². The lowest BCUT2D eigenvalue weighted by molar-refractivity contribution is 0.132. The van der Waals surface area contributed by atoms with Crippen LogP contribution in [0.25, 0.3) is 11.3 Å². The number of nitrogens with zero attached hydrogens (tertiary/aromatic N) is 2. The molecule has 2 aromatic carbocycles. The summed E-state index contributed by atoms with van der Waals surface area (Å²) in [5, 5.41) is 9.76. The third-order valence-electron chi connectivity index (χ3n) is 4.15. The van der Waals surface area contributed by atoms with Gasteiger partial charge in [-0.15, -0.1) is 0 Å². The van der Waals surface area contributed by atoms with E-state index in [4.69, 9.17) is 0 Å². The minimum Gasteiger partial charge on any atom is -0.465 e. The fourth-order valence-corrected chi connectivity index (χ4v) is 3.05. The molecule has 1 unspecified atom stereocenters. The van der Waals surface area contributed by atoms with Crippen LogP contribution in [0.3, 0.4) is 0 Å². The number of nitrogens with one attached hydrogen (secondary N) is 1. The maximum Gasteiger partial charge on any atom is 0.408 e. The van der Waals surface area contributed by atoms with Crippen LogP contribution in [0.4, 0.5) is 4.79 Å². The number of rotatable bonds is 6. The van der Waals surface area contributed by atoms with E-state index in [-0.39, 0.29) is 6.04 Å². The molecule has 1 amide bonds. The van der Waals surface area contributed by atoms with Crippen LogP contribution in [0.5, 0.6) is 0 Å². The summed E-state index contributed by atoms with van der Waals surface area (Å²) in [5.74, 6) is 0. The van der Waals surface area contributed by atoms with Crippen molar-refractivity contribution in [2.75, 3.05) is 6.54 Å². The monoisotopic (exact) mass is 335 g/mol. The van der Waals surface area contributed by atoms with Gasteiger partial charge in [0.1, 0.15) is 0 Å². The lowest BCUT2D eigenvalue weighted by Gasteiger charge is -2.30. The Bertz CT molecular complexity index is 816. The Morgan fingerprint density at radius 2 is 1.92 bits per heavy atom. The second kappa shape index (κ2) is 7.66. The fraction of sp³-hybridized carbons (Fsp3) is 0.200. The average Bonchev–Trinajstić information content (AvgIpc) is 3.17. The van der Waals surface area contributed by atoms with Crippen LogP contribution in [-0.4, -0.2) is 32.6 Å². The van der Waals surface area contributed by atoms with Gasteiger partial charge in [-0.1, -0.05) is 55.5 Å². The van der Waals surface area contributed by atoms with E-state index in [0.717, 1.165) is 28.8 Å². The molecule has 5 heteroatoms. The average molecular weight is 335 g/mol. The molecule has 5 nitrogen and oxygen atoms in total. The van der Waals surface area contributed by atoms with Gasteiger partial charge in [0, 0.05) is 6.54 Å². The highest BCUT2D eigenvalue weighted by Crippen LogP contribution is 2.31. The van der Waals surface area contributed by atoms with Crippen LogP contribution < -0.4 is 0 Å². The Labute approximate surface area is 147 Å². The van der Waals surface area contributed by atoms with Crippen LogP contribution in [-0.2, 0) is 0 Å². The lowest BCUT2D eigenvalue weighted by Crippen LogP contribution is -2.35. The van der Waals surface area contributed by atoms with E-state index in [9.17, 15) is 9.90 Å². The molecule has 1 aromatic heterocycles. The molecular formula is C20H21N3O2. The molecular weight excluding hydrogens is 314 g/mol. The van der Waals surface area contributed by atoms with E-state index in [2.05, 4.69) is 9.97 Å².